The number of hydrogen-bond donors (Lipinski definition) is 0. The van der Waals surface area contributed by atoms with Crippen molar-refractivity contribution in [2.75, 3.05) is 6.61 Å². The summed E-state index contributed by atoms with van der Waals surface area (Å²) in [7, 11) is 0. The number of rotatable bonds is 9. The molecule has 0 saturated carbocycles. The second-order valence-electron chi connectivity index (χ2n) is 6.31. The number of carbonyl (C=O) groups is 2. The SMILES string of the molecule is CC(=O)CC(=O)C[O][Zr](=[O])([O]C(C)C)([CH](C)C)[CH](C)C. The third-order valence-electron chi connectivity index (χ3n) is 3.51. The Morgan fingerprint density at radius 2 is 1.45 bits per heavy atom. The summed E-state index contributed by atoms with van der Waals surface area (Å²) in [6.07, 6.45) is -0.436. The molecule has 0 bridgehead atoms. The van der Waals surface area contributed by atoms with Crippen LogP contribution in [0.1, 0.15) is 54.9 Å². The summed E-state index contributed by atoms with van der Waals surface area (Å²) in [5.74, 6) is -0.583. The first kappa shape index (κ1) is 19.9. The standard InChI is InChI=1S/C5H7O3.C3H7O.2C3H7.O.Zr/c1-4(7)2-5(8)3-6;1-3(2)4;2*1-3-2;;/h2-3H2,1H3;3H,1-2H3;2*3H,1-2H3;;/q2*-1;;;;+2. The van der Waals surface area contributed by atoms with Crippen LogP contribution in [-0.4, -0.2) is 24.3 Å². The van der Waals surface area contributed by atoms with E-state index in [1.165, 1.54) is 6.92 Å². The van der Waals surface area contributed by atoms with Gasteiger partial charge in [-0.05, 0) is 0 Å². The molecule has 0 rings (SSSR count). The van der Waals surface area contributed by atoms with Crippen LogP contribution in [0.5, 0.6) is 0 Å². The molecule has 118 valence electrons. The van der Waals surface area contributed by atoms with E-state index in [2.05, 4.69) is 0 Å². The van der Waals surface area contributed by atoms with Gasteiger partial charge in [-0.2, -0.15) is 0 Å². The van der Waals surface area contributed by atoms with E-state index in [0.29, 0.717) is 0 Å². The second kappa shape index (κ2) is 7.28. The molecule has 0 atom stereocenters. The molecule has 0 aliphatic rings. The molecule has 0 N–H and O–H groups in total. The average molecular weight is 368 g/mol. The van der Waals surface area contributed by atoms with Crippen molar-refractivity contribution in [1.29, 1.82) is 0 Å². The van der Waals surface area contributed by atoms with Crippen molar-refractivity contribution in [3.63, 3.8) is 0 Å². The fourth-order valence-electron chi connectivity index (χ4n) is 2.32. The molecule has 0 spiro atoms. The number of carbonyl (C=O) groups excluding carboxylic acids is 2. The van der Waals surface area contributed by atoms with Gasteiger partial charge in [-0.25, -0.2) is 0 Å². The molecule has 0 heterocycles. The topological polar surface area (TPSA) is 69.7 Å². The number of Topliss-reactive ketones (excluding diaryl/α,β-unsaturated/α-hetero) is 2. The maximum atomic E-state index is 13.6. The molecule has 0 aromatic heterocycles. The number of ketones is 2. The third kappa shape index (κ3) is 4.75. The molecule has 0 aliphatic carbocycles. The molecule has 0 fully saturated rings. The predicted molar refractivity (Wildman–Crippen MR) is 73.4 cm³/mol. The van der Waals surface area contributed by atoms with Crippen LogP contribution >= 0.6 is 0 Å². The molecule has 0 radical (unpaired) electrons. The molecule has 20 heavy (non-hydrogen) atoms. The summed E-state index contributed by atoms with van der Waals surface area (Å²) in [6.45, 7) is 11.8. The Labute approximate surface area is 124 Å². The van der Waals surface area contributed by atoms with Gasteiger partial charge in [0.25, 0.3) is 0 Å². The predicted octanol–water partition coefficient (Wildman–Crippen LogP) is 3.50. The van der Waals surface area contributed by atoms with E-state index in [1.54, 1.807) is 41.5 Å². The molecule has 0 saturated heterocycles. The first-order valence-electron chi connectivity index (χ1n) is 7.15. The van der Waals surface area contributed by atoms with Gasteiger partial charge in [0, 0.05) is 0 Å². The van der Waals surface area contributed by atoms with E-state index < -0.39 is 19.7 Å². The summed E-state index contributed by atoms with van der Waals surface area (Å²) in [5.41, 5.74) is 0. The Morgan fingerprint density at radius 1 is 1.00 bits per heavy atom. The van der Waals surface area contributed by atoms with E-state index >= 15 is 0 Å². The Kier molecular flexibility index (Phi) is 7.26. The van der Waals surface area contributed by atoms with Gasteiger partial charge in [-0.1, -0.05) is 0 Å². The van der Waals surface area contributed by atoms with Gasteiger partial charge < -0.3 is 0 Å². The fraction of sp³-hybridized carbons (Fsp3) is 0.857. The molecule has 0 aromatic carbocycles. The molecule has 5 nitrogen and oxygen atoms in total. The molecule has 0 aromatic rings. The van der Waals surface area contributed by atoms with Crippen molar-refractivity contribution in [3.05, 3.63) is 0 Å². The molecular formula is C14H28O5Zr. The first-order valence-corrected chi connectivity index (χ1v) is 13.0. The van der Waals surface area contributed by atoms with Gasteiger partial charge >= 0.3 is 124 Å². The van der Waals surface area contributed by atoms with Gasteiger partial charge in [0.15, 0.2) is 0 Å². The normalized spacial score (nSPS) is 13.3. The van der Waals surface area contributed by atoms with Gasteiger partial charge in [-0.3, -0.25) is 0 Å². The quantitative estimate of drug-likeness (QED) is 0.583. The monoisotopic (exact) mass is 366 g/mol. The van der Waals surface area contributed by atoms with Gasteiger partial charge in [0.2, 0.25) is 0 Å². The molecule has 6 heteroatoms. The van der Waals surface area contributed by atoms with E-state index in [1.807, 2.05) is 0 Å². The minimum absolute atomic E-state index is 0.191. The molecule has 0 unspecified atom stereocenters. The van der Waals surface area contributed by atoms with Crippen molar-refractivity contribution >= 4 is 11.6 Å². The third-order valence-corrected chi connectivity index (χ3v) is 17.8. The van der Waals surface area contributed by atoms with Crippen molar-refractivity contribution in [2.45, 2.75) is 68.2 Å². The molecule has 0 aliphatic heterocycles. The number of hydrogen-bond acceptors (Lipinski definition) is 5. The van der Waals surface area contributed by atoms with Crippen molar-refractivity contribution < 1.29 is 37.7 Å². The van der Waals surface area contributed by atoms with Crippen molar-refractivity contribution in [2.24, 2.45) is 0 Å². The Balaban J connectivity index is 5.29. The molecule has 0 amide bonds. The van der Waals surface area contributed by atoms with Gasteiger partial charge in [0.05, 0.1) is 0 Å². The van der Waals surface area contributed by atoms with Crippen LogP contribution in [0.2, 0.25) is 7.25 Å². The Bertz CT molecular complexity index is 411. The first-order chi connectivity index (χ1) is 8.93. The minimum atomic E-state index is -5.23. The van der Waals surface area contributed by atoms with Gasteiger partial charge in [-0.15, -0.1) is 0 Å². The zero-order chi connectivity index (χ0) is 16.2. The van der Waals surface area contributed by atoms with E-state index in [9.17, 15) is 12.4 Å². The van der Waals surface area contributed by atoms with Crippen LogP contribution in [-0.2, 0) is 37.7 Å². The van der Waals surface area contributed by atoms with Crippen molar-refractivity contribution in [3.8, 4) is 0 Å². The maximum absolute atomic E-state index is 13.6. The molecular weight excluding hydrogens is 339 g/mol. The van der Waals surface area contributed by atoms with Gasteiger partial charge in [0.1, 0.15) is 0 Å². The fourth-order valence-corrected chi connectivity index (χ4v) is 12.1. The van der Waals surface area contributed by atoms with Crippen molar-refractivity contribution in [1.82, 2.24) is 0 Å². The van der Waals surface area contributed by atoms with E-state index in [4.69, 9.17) is 5.63 Å². The van der Waals surface area contributed by atoms with Crippen LogP contribution in [0, 0.1) is 0 Å². The Hall–Kier alpha value is -0.0569. The van der Waals surface area contributed by atoms with Crippen LogP contribution in [0.3, 0.4) is 0 Å². The van der Waals surface area contributed by atoms with Crippen LogP contribution in [0.25, 0.3) is 0 Å². The van der Waals surface area contributed by atoms with Crippen LogP contribution in [0.15, 0.2) is 0 Å². The zero-order valence-electron chi connectivity index (χ0n) is 13.7. The second-order valence-corrected chi connectivity index (χ2v) is 18.8. The summed E-state index contributed by atoms with van der Waals surface area (Å²) in [6, 6.07) is 0. The summed E-state index contributed by atoms with van der Waals surface area (Å²) >= 11 is -5.23. The van der Waals surface area contributed by atoms with E-state index in [0.717, 1.165) is 0 Å². The van der Waals surface area contributed by atoms with Crippen LogP contribution < -0.4 is 0 Å². The zero-order valence-corrected chi connectivity index (χ0v) is 16.1. The average Bonchev–Trinajstić information content (AvgIpc) is 2.24. The van der Waals surface area contributed by atoms with E-state index in [-0.39, 0.29) is 37.9 Å². The Morgan fingerprint density at radius 3 is 1.75 bits per heavy atom. The summed E-state index contributed by atoms with van der Waals surface area (Å²) in [4.78, 5) is 22.6. The summed E-state index contributed by atoms with van der Waals surface area (Å²) < 4.78 is 24.5. The van der Waals surface area contributed by atoms with Crippen LogP contribution in [0.4, 0.5) is 0 Å². The summed E-state index contributed by atoms with van der Waals surface area (Å²) in [5, 5.41) is 0.